The first-order valence-corrected chi connectivity index (χ1v) is 5.59. The molecule has 1 heterocycles. The second-order valence-electron chi connectivity index (χ2n) is 2.81. The summed E-state index contributed by atoms with van der Waals surface area (Å²) in [6, 6.07) is 0. The first-order valence-electron chi connectivity index (χ1n) is 3.21. The van der Waals surface area contributed by atoms with E-state index in [4.69, 9.17) is 9.47 Å². The van der Waals surface area contributed by atoms with E-state index >= 15 is 0 Å². The van der Waals surface area contributed by atoms with E-state index in [1.165, 1.54) is 0 Å². The molecule has 0 aromatic rings. The molecular weight excluding hydrogens is 360 g/mol. The summed E-state index contributed by atoms with van der Waals surface area (Å²) in [5.41, 5.74) is -0.256. The number of hydrogen-bond acceptors (Lipinski definition) is 3. The lowest BCUT2D eigenvalue weighted by molar-refractivity contribution is -0.143. The predicted octanol–water partition coefficient (Wildman–Crippen LogP) is 2.16. The number of carbonyl (C=O) groups excluding carboxylic acids is 1. The molecule has 1 saturated heterocycles. The van der Waals surface area contributed by atoms with Gasteiger partial charge in [0.15, 0.2) is 0 Å². The third-order valence-electron chi connectivity index (χ3n) is 1.38. The molecule has 3 nitrogen and oxygen atoms in total. The summed E-state index contributed by atoms with van der Waals surface area (Å²) < 4.78 is 8.99. The molecule has 0 N–H and O–H groups in total. The maximum atomic E-state index is 11.1. The number of epoxide rings is 1. The molecule has 0 spiro atoms. The first kappa shape index (κ1) is 10.9. The van der Waals surface area contributed by atoms with Gasteiger partial charge in [-0.05, 0) is 54.7 Å². The van der Waals surface area contributed by atoms with Crippen LogP contribution in [-0.2, 0) is 14.3 Å². The Morgan fingerprint density at radius 3 is 2.50 bits per heavy atom. The summed E-state index contributed by atoms with van der Waals surface area (Å²) in [5.74, 6) is -0.417. The van der Waals surface area contributed by atoms with Gasteiger partial charge in [-0.2, -0.15) is 0 Å². The van der Waals surface area contributed by atoms with Crippen molar-refractivity contribution in [2.45, 2.75) is 14.7 Å². The van der Waals surface area contributed by atoms with Gasteiger partial charge in [-0.1, -0.05) is 0 Å². The lowest BCUT2D eigenvalue weighted by Crippen LogP contribution is -2.25. The highest BCUT2D eigenvalue weighted by Gasteiger charge is 2.42. The molecule has 0 saturated carbocycles. The maximum absolute atomic E-state index is 11.1. The van der Waals surface area contributed by atoms with E-state index in [0.29, 0.717) is 6.61 Å². The van der Waals surface area contributed by atoms with Crippen LogP contribution in [0.25, 0.3) is 0 Å². The fourth-order valence-corrected chi connectivity index (χ4v) is 0.850. The standard InChI is InChI=1S/C6H7Br3O3/c1-5(3-12-5)2-11-4(10)6(7,8)9/h2-3H2,1H3. The fourth-order valence-electron chi connectivity index (χ4n) is 0.507. The number of rotatable bonds is 2. The SMILES string of the molecule is CC1(COC(=O)C(Br)(Br)Br)CO1. The average Bonchev–Trinajstić information content (AvgIpc) is 2.62. The quantitative estimate of drug-likeness (QED) is 0.427. The third kappa shape index (κ3) is 3.32. The van der Waals surface area contributed by atoms with Crippen molar-refractivity contribution in [1.82, 2.24) is 0 Å². The van der Waals surface area contributed by atoms with Gasteiger partial charge in [0.1, 0.15) is 12.2 Å². The summed E-state index contributed by atoms with van der Waals surface area (Å²) in [4.78, 5) is 11.1. The average molecular weight is 367 g/mol. The van der Waals surface area contributed by atoms with Crippen LogP contribution in [0, 0.1) is 0 Å². The molecule has 0 aromatic heterocycles. The largest absolute Gasteiger partial charge is 0.460 e. The smallest absolute Gasteiger partial charge is 0.345 e. The zero-order valence-electron chi connectivity index (χ0n) is 6.27. The minimum absolute atomic E-state index is 0.256. The van der Waals surface area contributed by atoms with Crippen molar-refractivity contribution in [3.8, 4) is 0 Å². The molecule has 0 aromatic carbocycles. The Hall–Kier alpha value is 0.870. The van der Waals surface area contributed by atoms with Crippen molar-refractivity contribution >= 4 is 53.8 Å². The van der Waals surface area contributed by atoms with Crippen LogP contribution in [0.3, 0.4) is 0 Å². The van der Waals surface area contributed by atoms with Crippen molar-refractivity contribution in [3.63, 3.8) is 0 Å². The lowest BCUT2D eigenvalue weighted by atomic mass is 10.2. The Morgan fingerprint density at radius 2 is 2.17 bits per heavy atom. The van der Waals surface area contributed by atoms with Gasteiger partial charge >= 0.3 is 5.97 Å². The summed E-state index contributed by atoms with van der Waals surface area (Å²) in [5, 5.41) is 0. The summed E-state index contributed by atoms with van der Waals surface area (Å²) in [6.07, 6.45) is 0. The molecule has 12 heavy (non-hydrogen) atoms. The molecule has 0 radical (unpaired) electrons. The monoisotopic (exact) mass is 364 g/mol. The molecule has 1 fully saturated rings. The van der Waals surface area contributed by atoms with E-state index in [2.05, 4.69) is 47.8 Å². The molecule has 1 aliphatic rings. The second-order valence-corrected chi connectivity index (χ2v) is 9.57. The van der Waals surface area contributed by atoms with Crippen molar-refractivity contribution in [1.29, 1.82) is 0 Å². The number of hydrogen-bond donors (Lipinski definition) is 0. The van der Waals surface area contributed by atoms with Crippen LogP contribution < -0.4 is 0 Å². The molecule has 1 rings (SSSR count). The molecule has 1 atom stereocenters. The molecule has 0 bridgehead atoms. The van der Waals surface area contributed by atoms with Crippen LogP contribution in [0.5, 0.6) is 0 Å². The van der Waals surface area contributed by atoms with Crippen molar-refractivity contribution in [3.05, 3.63) is 0 Å². The molecule has 1 aliphatic heterocycles. The minimum atomic E-state index is -0.974. The second kappa shape index (κ2) is 3.55. The molecule has 1 unspecified atom stereocenters. The Balaban J connectivity index is 2.28. The van der Waals surface area contributed by atoms with Gasteiger partial charge in [0.05, 0.1) is 6.61 Å². The highest BCUT2D eigenvalue weighted by atomic mass is 80.0. The number of carbonyl (C=O) groups is 1. The zero-order chi connectivity index (χ0) is 9.41. The normalized spacial score (nSPS) is 28.3. The van der Waals surface area contributed by atoms with Gasteiger partial charge in [-0.15, -0.1) is 0 Å². The van der Waals surface area contributed by atoms with Crippen LogP contribution in [0.15, 0.2) is 0 Å². The van der Waals surface area contributed by atoms with E-state index in [1.807, 2.05) is 6.92 Å². The van der Waals surface area contributed by atoms with E-state index < -0.39 is 8.11 Å². The van der Waals surface area contributed by atoms with Crippen molar-refractivity contribution in [2.75, 3.05) is 13.2 Å². The van der Waals surface area contributed by atoms with Gasteiger partial charge in [0, 0.05) is 0 Å². The summed E-state index contributed by atoms with van der Waals surface area (Å²) in [7, 11) is 0. The van der Waals surface area contributed by atoms with Gasteiger partial charge in [-0.25, -0.2) is 4.79 Å². The predicted molar refractivity (Wildman–Crippen MR) is 54.8 cm³/mol. The van der Waals surface area contributed by atoms with Crippen molar-refractivity contribution < 1.29 is 14.3 Å². The van der Waals surface area contributed by atoms with Crippen LogP contribution in [0.2, 0.25) is 0 Å². The summed E-state index contributed by atoms with van der Waals surface area (Å²) in [6.45, 7) is 2.83. The number of halogens is 3. The Bertz CT molecular complexity index is 195. The Kier molecular flexibility index (Phi) is 3.24. The highest BCUT2D eigenvalue weighted by molar-refractivity contribution is 9.40. The number of esters is 1. The van der Waals surface area contributed by atoms with E-state index in [0.717, 1.165) is 0 Å². The first-order chi connectivity index (χ1) is 5.33. The van der Waals surface area contributed by atoms with Gasteiger partial charge < -0.3 is 9.47 Å². The Labute approximate surface area is 95.5 Å². The fraction of sp³-hybridized carbons (Fsp3) is 0.833. The summed E-state index contributed by atoms with van der Waals surface area (Å²) >= 11 is 9.15. The number of ether oxygens (including phenoxy) is 2. The minimum Gasteiger partial charge on any atom is -0.460 e. The molecule has 70 valence electrons. The van der Waals surface area contributed by atoms with E-state index in [1.54, 1.807) is 0 Å². The van der Waals surface area contributed by atoms with Crippen LogP contribution in [0.4, 0.5) is 0 Å². The van der Waals surface area contributed by atoms with Crippen LogP contribution >= 0.6 is 47.8 Å². The topological polar surface area (TPSA) is 38.8 Å². The van der Waals surface area contributed by atoms with Crippen LogP contribution in [0.1, 0.15) is 6.92 Å². The zero-order valence-corrected chi connectivity index (χ0v) is 11.0. The van der Waals surface area contributed by atoms with E-state index in [9.17, 15) is 4.79 Å². The number of alkyl halides is 3. The molecule has 6 heteroatoms. The third-order valence-corrected chi connectivity index (χ3v) is 2.35. The molecule has 0 amide bonds. The highest BCUT2D eigenvalue weighted by Crippen LogP contribution is 2.35. The molecular formula is C6H7Br3O3. The van der Waals surface area contributed by atoms with Crippen LogP contribution in [-0.4, -0.2) is 26.9 Å². The lowest BCUT2D eigenvalue weighted by Gasteiger charge is -2.12. The van der Waals surface area contributed by atoms with Gasteiger partial charge in [0.2, 0.25) is 2.14 Å². The van der Waals surface area contributed by atoms with E-state index in [-0.39, 0.29) is 12.2 Å². The molecule has 0 aliphatic carbocycles. The van der Waals surface area contributed by atoms with Gasteiger partial charge in [0.25, 0.3) is 0 Å². The Morgan fingerprint density at radius 1 is 1.67 bits per heavy atom. The van der Waals surface area contributed by atoms with Crippen molar-refractivity contribution in [2.24, 2.45) is 0 Å². The van der Waals surface area contributed by atoms with Gasteiger partial charge in [-0.3, -0.25) is 0 Å². The maximum Gasteiger partial charge on any atom is 0.345 e.